The fraction of sp³-hybridized carbons (Fsp3) is 0.571. The van der Waals surface area contributed by atoms with Gasteiger partial charge in [-0.05, 0) is 6.42 Å². The molecule has 2 bridgehead atoms. The average molecular weight is 121 g/mol. The van der Waals surface area contributed by atoms with Gasteiger partial charge in [0, 0.05) is 0 Å². The Hall–Kier alpha value is -0.810. The summed E-state index contributed by atoms with van der Waals surface area (Å²) in [6, 6.07) is 2.22. The first-order chi connectivity index (χ1) is 4.40. The third-order valence-electron chi connectivity index (χ3n) is 1.90. The summed E-state index contributed by atoms with van der Waals surface area (Å²) in [5, 5.41) is 8.52. The molecular weight excluding hydrogens is 114 g/mol. The van der Waals surface area contributed by atoms with Crippen molar-refractivity contribution >= 4 is 0 Å². The number of rotatable bonds is 0. The summed E-state index contributed by atoms with van der Waals surface area (Å²) in [7, 11) is 0. The SMILES string of the molecule is N#C[C@H]1CC2C=CC1O2. The number of fused-ring (bicyclic) bond motifs is 2. The van der Waals surface area contributed by atoms with Gasteiger partial charge in [-0.2, -0.15) is 5.26 Å². The summed E-state index contributed by atoms with van der Waals surface area (Å²) in [5.74, 6) is 0.125. The molecule has 2 aliphatic heterocycles. The maximum absolute atomic E-state index is 8.52. The van der Waals surface area contributed by atoms with Gasteiger partial charge in [0.1, 0.15) is 0 Å². The maximum Gasteiger partial charge on any atom is 0.0924 e. The number of ether oxygens (including phenoxy) is 1. The van der Waals surface area contributed by atoms with Gasteiger partial charge < -0.3 is 4.74 Å². The molecule has 2 heterocycles. The lowest BCUT2D eigenvalue weighted by atomic mass is 9.96. The molecule has 0 aromatic carbocycles. The zero-order valence-electron chi connectivity index (χ0n) is 4.95. The van der Waals surface area contributed by atoms with Crippen LogP contribution in [0.2, 0.25) is 0 Å². The minimum atomic E-state index is 0.111. The molecule has 0 aromatic rings. The molecule has 9 heavy (non-hydrogen) atoms. The van der Waals surface area contributed by atoms with Gasteiger partial charge in [-0.1, -0.05) is 12.2 Å². The van der Waals surface area contributed by atoms with Crippen molar-refractivity contribution in [3.8, 4) is 6.07 Å². The molecule has 1 saturated heterocycles. The molecule has 2 aliphatic rings. The van der Waals surface area contributed by atoms with E-state index in [1.165, 1.54) is 0 Å². The molecule has 2 rings (SSSR count). The Labute approximate surface area is 53.7 Å². The fourth-order valence-corrected chi connectivity index (χ4v) is 1.40. The summed E-state index contributed by atoms with van der Waals surface area (Å²) >= 11 is 0. The lowest BCUT2D eigenvalue weighted by Gasteiger charge is -2.03. The maximum atomic E-state index is 8.52. The summed E-state index contributed by atoms with van der Waals surface area (Å²) in [4.78, 5) is 0. The van der Waals surface area contributed by atoms with Crippen molar-refractivity contribution in [2.45, 2.75) is 18.6 Å². The third-order valence-corrected chi connectivity index (χ3v) is 1.90. The van der Waals surface area contributed by atoms with E-state index in [-0.39, 0.29) is 18.1 Å². The first-order valence-corrected chi connectivity index (χ1v) is 3.13. The molecule has 2 unspecified atom stereocenters. The Balaban J connectivity index is 2.22. The second-order valence-electron chi connectivity index (χ2n) is 2.50. The smallest absolute Gasteiger partial charge is 0.0924 e. The van der Waals surface area contributed by atoms with Crippen molar-refractivity contribution in [2.24, 2.45) is 5.92 Å². The normalized spacial score (nSPS) is 45.4. The Bertz CT molecular complexity index is 192. The predicted molar refractivity (Wildman–Crippen MR) is 31.5 cm³/mol. The van der Waals surface area contributed by atoms with Crippen LogP contribution in [0.5, 0.6) is 0 Å². The molecule has 0 N–H and O–H groups in total. The van der Waals surface area contributed by atoms with Crippen molar-refractivity contribution in [3.63, 3.8) is 0 Å². The first-order valence-electron chi connectivity index (χ1n) is 3.13. The molecule has 0 aromatic heterocycles. The summed E-state index contributed by atoms with van der Waals surface area (Å²) < 4.78 is 5.34. The van der Waals surface area contributed by atoms with Gasteiger partial charge in [-0.25, -0.2) is 0 Å². The van der Waals surface area contributed by atoms with E-state index < -0.39 is 0 Å². The van der Waals surface area contributed by atoms with Crippen molar-refractivity contribution in [1.82, 2.24) is 0 Å². The Morgan fingerprint density at radius 2 is 2.44 bits per heavy atom. The topological polar surface area (TPSA) is 33.0 Å². The zero-order valence-corrected chi connectivity index (χ0v) is 4.95. The van der Waals surface area contributed by atoms with E-state index in [0.29, 0.717) is 0 Å². The first kappa shape index (κ1) is 5.01. The fourth-order valence-electron chi connectivity index (χ4n) is 1.40. The van der Waals surface area contributed by atoms with Gasteiger partial charge in [0.15, 0.2) is 0 Å². The van der Waals surface area contributed by atoms with Crippen molar-refractivity contribution in [3.05, 3.63) is 12.2 Å². The lowest BCUT2D eigenvalue weighted by molar-refractivity contribution is 0.114. The second kappa shape index (κ2) is 1.58. The molecule has 3 atom stereocenters. The Morgan fingerprint density at radius 3 is 2.78 bits per heavy atom. The zero-order chi connectivity index (χ0) is 6.27. The predicted octanol–water partition coefficient (Wildman–Crippen LogP) is 0.853. The van der Waals surface area contributed by atoms with Crippen molar-refractivity contribution in [1.29, 1.82) is 5.26 Å². The highest BCUT2D eigenvalue weighted by molar-refractivity contribution is 5.15. The Kier molecular flexibility index (Phi) is 0.882. The molecule has 0 radical (unpaired) electrons. The van der Waals surface area contributed by atoms with Crippen LogP contribution in [0.3, 0.4) is 0 Å². The second-order valence-corrected chi connectivity index (χ2v) is 2.50. The van der Waals surface area contributed by atoms with Crippen LogP contribution in [-0.4, -0.2) is 12.2 Å². The molecule has 0 amide bonds. The summed E-state index contributed by atoms with van der Waals surface area (Å²) in [6.07, 6.45) is 5.29. The molecule has 0 saturated carbocycles. The van der Waals surface area contributed by atoms with Crippen LogP contribution in [0.15, 0.2) is 12.2 Å². The van der Waals surface area contributed by atoms with E-state index in [0.717, 1.165) is 6.42 Å². The van der Waals surface area contributed by atoms with E-state index >= 15 is 0 Å². The standard InChI is InChI=1S/C7H7NO/c8-4-5-3-6-1-2-7(5)9-6/h1-2,5-7H,3H2/t5-,6?,7?/m1/s1. The lowest BCUT2D eigenvalue weighted by Crippen LogP contribution is -2.09. The highest BCUT2D eigenvalue weighted by atomic mass is 16.5. The molecule has 0 spiro atoms. The molecule has 1 fully saturated rings. The van der Waals surface area contributed by atoms with Crippen LogP contribution < -0.4 is 0 Å². The number of nitrogens with zero attached hydrogens (tertiary/aromatic N) is 1. The molecule has 46 valence electrons. The van der Waals surface area contributed by atoms with Gasteiger partial charge in [0.05, 0.1) is 24.2 Å². The highest BCUT2D eigenvalue weighted by Gasteiger charge is 2.36. The highest BCUT2D eigenvalue weighted by Crippen LogP contribution is 2.32. The number of hydrogen-bond acceptors (Lipinski definition) is 2. The van der Waals surface area contributed by atoms with E-state index in [1.807, 2.05) is 12.2 Å². The van der Waals surface area contributed by atoms with E-state index in [2.05, 4.69) is 6.07 Å². The van der Waals surface area contributed by atoms with Crippen LogP contribution in [-0.2, 0) is 4.74 Å². The van der Waals surface area contributed by atoms with Crippen LogP contribution in [0.1, 0.15) is 6.42 Å². The summed E-state index contributed by atoms with van der Waals surface area (Å²) in [5.41, 5.74) is 0. The van der Waals surface area contributed by atoms with Gasteiger partial charge in [0.25, 0.3) is 0 Å². The van der Waals surface area contributed by atoms with Crippen molar-refractivity contribution in [2.75, 3.05) is 0 Å². The van der Waals surface area contributed by atoms with Crippen LogP contribution >= 0.6 is 0 Å². The molecule has 2 heteroatoms. The van der Waals surface area contributed by atoms with Crippen molar-refractivity contribution < 1.29 is 4.74 Å². The van der Waals surface area contributed by atoms with Crippen LogP contribution in [0.4, 0.5) is 0 Å². The van der Waals surface area contributed by atoms with Gasteiger partial charge in [0.2, 0.25) is 0 Å². The van der Waals surface area contributed by atoms with Gasteiger partial charge in [-0.3, -0.25) is 0 Å². The number of hydrogen-bond donors (Lipinski definition) is 0. The van der Waals surface area contributed by atoms with E-state index in [1.54, 1.807) is 0 Å². The Morgan fingerprint density at radius 1 is 1.56 bits per heavy atom. The van der Waals surface area contributed by atoms with E-state index in [9.17, 15) is 0 Å². The van der Waals surface area contributed by atoms with Crippen LogP contribution in [0, 0.1) is 17.2 Å². The number of nitriles is 1. The minimum absolute atomic E-state index is 0.111. The van der Waals surface area contributed by atoms with E-state index in [4.69, 9.17) is 10.00 Å². The molecule has 2 nitrogen and oxygen atoms in total. The molecule has 0 aliphatic carbocycles. The van der Waals surface area contributed by atoms with Gasteiger partial charge in [-0.15, -0.1) is 0 Å². The minimum Gasteiger partial charge on any atom is -0.365 e. The quantitative estimate of drug-likeness (QED) is 0.445. The summed E-state index contributed by atoms with van der Waals surface area (Å²) in [6.45, 7) is 0. The van der Waals surface area contributed by atoms with Gasteiger partial charge >= 0.3 is 0 Å². The monoisotopic (exact) mass is 121 g/mol. The molecular formula is C7H7NO. The van der Waals surface area contributed by atoms with Crippen LogP contribution in [0.25, 0.3) is 0 Å². The average Bonchev–Trinajstić information content (AvgIpc) is 2.45. The third kappa shape index (κ3) is 0.585. The largest absolute Gasteiger partial charge is 0.365 e.